The van der Waals surface area contributed by atoms with Crippen molar-refractivity contribution in [3.63, 3.8) is 0 Å². The Kier molecular flexibility index (Phi) is 8.58. The van der Waals surface area contributed by atoms with E-state index in [2.05, 4.69) is 34.0 Å². The third-order valence-electron chi connectivity index (χ3n) is 4.69. The highest BCUT2D eigenvalue weighted by atomic mass is 35.5. The summed E-state index contributed by atoms with van der Waals surface area (Å²) in [4.78, 5) is 24.8. The van der Waals surface area contributed by atoms with Crippen LogP contribution in [0.4, 0.5) is 0 Å². The average molecular weight is 507 g/mol. The van der Waals surface area contributed by atoms with Crippen molar-refractivity contribution >= 4 is 38.7 Å². The number of amides is 1. The Balaban J connectivity index is 0.000000968. The first kappa shape index (κ1) is 25.3. The molecule has 0 unspecified atom stereocenters. The van der Waals surface area contributed by atoms with Crippen LogP contribution in [0.1, 0.15) is 51.9 Å². The van der Waals surface area contributed by atoms with Gasteiger partial charge in [0.1, 0.15) is 0 Å². The number of hydrogen-bond donors (Lipinski definition) is 1. The quantitative estimate of drug-likeness (QED) is 0.530. The van der Waals surface area contributed by atoms with Crippen molar-refractivity contribution in [2.24, 2.45) is 0 Å². The van der Waals surface area contributed by atoms with E-state index in [4.69, 9.17) is 11.6 Å². The molecular formula is C23H27ClN4O3S2. The number of sulfone groups is 1. The second-order valence-corrected chi connectivity index (χ2v) is 11.3. The lowest BCUT2D eigenvalue weighted by Crippen LogP contribution is -2.23. The molecule has 4 rings (SSSR count). The minimum absolute atomic E-state index is 0.229. The van der Waals surface area contributed by atoms with Gasteiger partial charge in [-0.05, 0) is 29.8 Å². The topological polar surface area (TPSA) is 92.3 Å². The minimum Gasteiger partial charge on any atom is -0.346 e. The zero-order valence-corrected chi connectivity index (χ0v) is 21.2. The van der Waals surface area contributed by atoms with Crippen molar-refractivity contribution < 1.29 is 13.2 Å². The summed E-state index contributed by atoms with van der Waals surface area (Å²) < 4.78 is 23.0. The van der Waals surface area contributed by atoms with Crippen molar-refractivity contribution in [3.05, 3.63) is 74.5 Å². The number of carbonyl (C=O) groups excluding carboxylic acids is 1. The molecule has 176 valence electrons. The van der Waals surface area contributed by atoms with Gasteiger partial charge in [0.05, 0.1) is 21.3 Å². The SMILES string of the molecule is CCC.CS(=O)(=O)c1ccc(CNC(=O)c2nc3c(s2)CN(Cc2ccc(Cl)cn2)C3)cc1. The molecule has 0 fully saturated rings. The first-order valence-electron chi connectivity index (χ1n) is 10.6. The Morgan fingerprint density at radius 2 is 1.85 bits per heavy atom. The molecule has 1 amide bonds. The van der Waals surface area contributed by atoms with E-state index < -0.39 is 9.84 Å². The molecule has 3 aromatic rings. The maximum absolute atomic E-state index is 12.5. The molecule has 1 N–H and O–H groups in total. The van der Waals surface area contributed by atoms with Gasteiger partial charge in [-0.1, -0.05) is 44.0 Å². The van der Waals surface area contributed by atoms with Crippen molar-refractivity contribution in [2.45, 2.75) is 51.3 Å². The van der Waals surface area contributed by atoms with Gasteiger partial charge >= 0.3 is 0 Å². The lowest BCUT2D eigenvalue weighted by atomic mass is 10.2. The fraction of sp³-hybridized carbons (Fsp3) is 0.348. The molecule has 1 aromatic carbocycles. The second kappa shape index (κ2) is 11.2. The normalized spacial score (nSPS) is 13.2. The van der Waals surface area contributed by atoms with Crippen LogP contribution in [0.5, 0.6) is 0 Å². The van der Waals surface area contributed by atoms with Crippen LogP contribution in [-0.4, -0.2) is 35.4 Å². The standard InChI is InChI=1S/C20H19ClN4O3S2.C3H8/c1-30(27,28)16-6-2-13(3-7-16)8-23-19(26)20-24-17-11-25(12-18(17)29-20)10-15-5-4-14(21)9-22-15;1-3-2/h2-7,9H,8,10-12H2,1H3,(H,23,26);3H2,1-2H3. The molecule has 0 bridgehead atoms. The van der Waals surface area contributed by atoms with E-state index in [0.29, 0.717) is 29.7 Å². The van der Waals surface area contributed by atoms with Crippen LogP contribution in [0, 0.1) is 0 Å². The molecule has 2 aromatic heterocycles. The summed E-state index contributed by atoms with van der Waals surface area (Å²) in [6.45, 7) is 6.67. The fourth-order valence-electron chi connectivity index (χ4n) is 3.15. The lowest BCUT2D eigenvalue weighted by Gasteiger charge is -2.14. The molecule has 0 saturated carbocycles. The number of pyridine rings is 1. The van der Waals surface area contributed by atoms with Crippen LogP contribution in [0.3, 0.4) is 0 Å². The van der Waals surface area contributed by atoms with Crippen LogP contribution in [0.25, 0.3) is 0 Å². The number of thiazole rings is 1. The second-order valence-electron chi connectivity index (χ2n) is 7.81. The monoisotopic (exact) mass is 506 g/mol. The maximum atomic E-state index is 12.5. The van der Waals surface area contributed by atoms with Crippen molar-refractivity contribution in [1.82, 2.24) is 20.2 Å². The van der Waals surface area contributed by atoms with Gasteiger partial charge in [-0.3, -0.25) is 14.7 Å². The van der Waals surface area contributed by atoms with Crippen LogP contribution in [0.15, 0.2) is 47.5 Å². The molecule has 0 spiro atoms. The summed E-state index contributed by atoms with van der Waals surface area (Å²) in [5.74, 6) is -0.229. The van der Waals surface area contributed by atoms with Gasteiger partial charge in [0.15, 0.2) is 14.8 Å². The largest absolute Gasteiger partial charge is 0.346 e. The third-order valence-corrected chi connectivity index (χ3v) is 7.13. The number of nitrogens with zero attached hydrogens (tertiary/aromatic N) is 3. The first-order valence-corrected chi connectivity index (χ1v) is 13.7. The number of aromatic nitrogens is 2. The first-order chi connectivity index (χ1) is 15.7. The van der Waals surface area contributed by atoms with Crippen molar-refractivity contribution in [3.8, 4) is 0 Å². The maximum Gasteiger partial charge on any atom is 0.280 e. The average Bonchev–Trinajstić information content (AvgIpc) is 3.33. The van der Waals surface area contributed by atoms with E-state index in [1.54, 1.807) is 30.5 Å². The summed E-state index contributed by atoms with van der Waals surface area (Å²) in [5, 5.41) is 3.90. The van der Waals surface area contributed by atoms with E-state index in [1.807, 2.05) is 12.1 Å². The van der Waals surface area contributed by atoms with Gasteiger partial charge in [0, 0.05) is 43.5 Å². The summed E-state index contributed by atoms with van der Waals surface area (Å²) in [6.07, 6.45) is 4.05. The Hall–Kier alpha value is -2.33. The van der Waals surface area contributed by atoms with Gasteiger partial charge < -0.3 is 5.32 Å². The van der Waals surface area contributed by atoms with Crippen molar-refractivity contribution in [2.75, 3.05) is 6.26 Å². The van der Waals surface area contributed by atoms with Crippen LogP contribution in [0.2, 0.25) is 5.02 Å². The molecule has 10 heteroatoms. The molecule has 0 radical (unpaired) electrons. The van der Waals surface area contributed by atoms with Gasteiger partial charge in [-0.2, -0.15) is 0 Å². The minimum atomic E-state index is -3.23. The third kappa shape index (κ3) is 7.07. The number of carbonyl (C=O) groups is 1. The van der Waals surface area contributed by atoms with Crippen LogP contribution >= 0.6 is 22.9 Å². The van der Waals surface area contributed by atoms with Gasteiger partial charge in [0.25, 0.3) is 5.91 Å². The van der Waals surface area contributed by atoms with Crippen LogP contribution < -0.4 is 5.32 Å². The zero-order chi connectivity index (χ0) is 24.0. The smallest absolute Gasteiger partial charge is 0.280 e. The molecule has 0 aliphatic carbocycles. The molecule has 7 nitrogen and oxygen atoms in total. The summed E-state index contributed by atoms with van der Waals surface area (Å²) in [6, 6.07) is 10.2. The van der Waals surface area contributed by atoms with E-state index in [1.165, 1.54) is 24.0 Å². The summed E-state index contributed by atoms with van der Waals surface area (Å²) in [7, 11) is -3.23. The number of rotatable bonds is 6. The number of halogens is 1. The highest BCUT2D eigenvalue weighted by molar-refractivity contribution is 7.90. The predicted molar refractivity (Wildman–Crippen MR) is 131 cm³/mol. The van der Waals surface area contributed by atoms with Gasteiger partial charge in [-0.25, -0.2) is 13.4 Å². The van der Waals surface area contributed by atoms with E-state index in [0.717, 1.165) is 28.4 Å². The summed E-state index contributed by atoms with van der Waals surface area (Å²) in [5.41, 5.74) is 2.69. The van der Waals surface area contributed by atoms with Gasteiger partial charge in [-0.15, -0.1) is 11.3 Å². The fourth-order valence-corrected chi connectivity index (χ4v) is 4.92. The molecule has 1 aliphatic heterocycles. The molecule has 0 saturated heterocycles. The number of hydrogen-bond acceptors (Lipinski definition) is 7. The Labute approximate surface area is 203 Å². The molecule has 3 heterocycles. The van der Waals surface area contributed by atoms with Crippen molar-refractivity contribution in [1.29, 1.82) is 0 Å². The molecule has 1 aliphatic rings. The predicted octanol–water partition coefficient (Wildman–Crippen LogP) is 4.46. The Bertz CT molecular complexity index is 1170. The number of nitrogens with one attached hydrogen (secondary N) is 1. The van der Waals surface area contributed by atoms with Crippen LogP contribution in [-0.2, 0) is 36.0 Å². The molecule has 33 heavy (non-hydrogen) atoms. The Morgan fingerprint density at radius 1 is 1.15 bits per heavy atom. The number of fused-ring (bicyclic) bond motifs is 1. The van der Waals surface area contributed by atoms with E-state index in [-0.39, 0.29) is 10.8 Å². The molecular weight excluding hydrogens is 480 g/mol. The highest BCUT2D eigenvalue weighted by Crippen LogP contribution is 2.29. The summed E-state index contributed by atoms with van der Waals surface area (Å²) >= 11 is 7.28. The zero-order valence-electron chi connectivity index (χ0n) is 18.8. The van der Waals surface area contributed by atoms with E-state index >= 15 is 0 Å². The number of benzene rings is 1. The van der Waals surface area contributed by atoms with E-state index in [9.17, 15) is 13.2 Å². The highest BCUT2D eigenvalue weighted by Gasteiger charge is 2.26. The Morgan fingerprint density at radius 3 is 2.42 bits per heavy atom. The van der Waals surface area contributed by atoms with Gasteiger partial charge in [0.2, 0.25) is 0 Å². The molecule has 0 atom stereocenters. The lowest BCUT2D eigenvalue weighted by molar-refractivity contribution is 0.0950.